The van der Waals surface area contributed by atoms with E-state index in [2.05, 4.69) is 57.9 Å². The van der Waals surface area contributed by atoms with E-state index < -0.39 is 0 Å². The zero-order valence-corrected chi connectivity index (χ0v) is 19.1. The molecule has 2 aromatic carbocycles. The molecule has 1 fully saturated rings. The number of fused-ring (bicyclic) bond motifs is 3. The molecule has 4 heterocycles. The summed E-state index contributed by atoms with van der Waals surface area (Å²) in [5.41, 5.74) is 4.90. The van der Waals surface area contributed by atoms with Crippen molar-refractivity contribution in [2.45, 2.75) is 19.0 Å². The fraction of sp³-hybridized carbons (Fsp3) is 0.269. The molecule has 0 unspecified atom stereocenters. The smallest absolute Gasteiger partial charge is 0.248 e. The van der Waals surface area contributed by atoms with Crippen molar-refractivity contribution in [3.05, 3.63) is 93.0 Å². The number of hydrogen-bond acceptors (Lipinski definition) is 4. The maximum atomic E-state index is 11.8. The van der Waals surface area contributed by atoms with Crippen molar-refractivity contribution in [2.75, 3.05) is 26.4 Å². The molecule has 2 aromatic heterocycles. The van der Waals surface area contributed by atoms with Gasteiger partial charge >= 0.3 is 0 Å². The molecule has 1 N–H and O–H groups in total. The van der Waals surface area contributed by atoms with Gasteiger partial charge < -0.3 is 19.0 Å². The van der Waals surface area contributed by atoms with Crippen LogP contribution in [-0.2, 0) is 16.8 Å². The highest BCUT2D eigenvalue weighted by Gasteiger charge is 2.49. The molecule has 6 nitrogen and oxygen atoms in total. The summed E-state index contributed by atoms with van der Waals surface area (Å²) in [4.78, 5) is 16.9. The average molecular weight is 462 g/mol. The summed E-state index contributed by atoms with van der Waals surface area (Å²) in [6, 6.07) is 16.3. The van der Waals surface area contributed by atoms with Gasteiger partial charge in [0.15, 0.2) is 0 Å². The summed E-state index contributed by atoms with van der Waals surface area (Å²) >= 11 is 6.81. The van der Waals surface area contributed by atoms with Crippen molar-refractivity contribution in [3.63, 3.8) is 0 Å². The predicted octanol–water partition coefficient (Wildman–Crippen LogP) is 4.40. The Morgan fingerprint density at radius 1 is 1.12 bits per heavy atom. The Morgan fingerprint density at radius 3 is 2.79 bits per heavy atom. The Kier molecular flexibility index (Phi) is 4.83. The number of aromatic nitrogens is 2. The first-order valence-electron chi connectivity index (χ1n) is 11.1. The lowest BCUT2D eigenvalue weighted by Crippen LogP contribution is -2.59. The van der Waals surface area contributed by atoms with Crippen LogP contribution in [-0.4, -0.2) is 40.8 Å². The lowest BCUT2D eigenvalue weighted by molar-refractivity contribution is -0.148. The van der Waals surface area contributed by atoms with Gasteiger partial charge in [0.2, 0.25) is 5.56 Å². The minimum Gasteiger partial charge on any atom is -0.490 e. The van der Waals surface area contributed by atoms with Gasteiger partial charge in [0.05, 0.1) is 29.3 Å². The molecule has 0 amide bonds. The van der Waals surface area contributed by atoms with E-state index in [1.807, 2.05) is 12.1 Å². The van der Waals surface area contributed by atoms with Crippen LogP contribution in [0, 0.1) is 6.92 Å². The average Bonchev–Trinajstić information content (AvgIpc) is 3.09. The Morgan fingerprint density at radius 2 is 2.00 bits per heavy atom. The number of nitrogens with zero attached hydrogens (tertiary/aromatic N) is 2. The number of rotatable bonds is 3. The number of pyridine rings is 1. The summed E-state index contributed by atoms with van der Waals surface area (Å²) in [5, 5.41) is 1.79. The minimum atomic E-state index is -0.354. The van der Waals surface area contributed by atoms with Crippen molar-refractivity contribution in [1.82, 2.24) is 14.5 Å². The van der Waals surface area contributed by atoms with Crippen LogP contribution in [0.5, 0.6) is 5.75 Å². The van der Waals surface area contributed by atoms with Crippen molar-refractivity contribution in [2.24, 2.45) is 0 Å². The molecule has 7 heteroatoms. The lowest BCUT2D eigenvalue weighted by Gasteiger charge is -2.49. The summed E-state index contributed by atoms with van der Waals surface area (Å²) in [7, 11) is 0. The molecule has 0 bridgehead atoms. The molecule has 0 saturated carbocycles. The lowest BCUT2D eigenvalue weighted by atomic mass is 9.84. The molecule has 1 spiro atoms. The van der Waals surface area contributed by atoms with E-state index in [0.29, 0.717) is 37.9 Å². The highest BCUT2D eigenvalue weighted by atomic mass is 35.5. The zero-order valence-electron chi connectivity index (χ0n) is 18.3. The van der Waals surface area contributed by atoms with E-state index in [9.17, 15) is 4.79 Å². The first-order valence-corrected chi connectivity index (χ1v) is 11.5. The standard InChI is InChI=1S/C26H24ClN3O3/c1-17-2-3-23-19(10-17)5-7-30(23)20-12-21-25(22(27)13-20)33-9-8-29(26(21)15-32-16-26)14-18-4-6-28-24(31)11-18/h2-7,10-13H,8-9,14-16H2,1H3,(H,28,31). The monoisotopic (exact) mass is 461 g/mol. The van der Waals surface area contributed by atoms with E-state index >= 15 is 0 Å². The predicted molar refractivity (Wildman–Crippen MR) is 128 cm³/mol. The van der Waals surface area contributed by atoms with Gasteiger partial charge in [0, 0.05) is 48.2 Å². The molecule has 0 atom stereocenters. The van der Waals surface area contributed by atoms with Gasteiger partial charge in [-0.15, -0.1) is 0 Å². The zero-order chi connectivity index (χ0) is 22.6. The van der Waals surface area contributed by atoms with Gasteiger partial charge in [-0.1, -0.05) is 23.2 Å². The third-order valence-corrected chi connectivity index (χ3v) is 7.04. The number of benzene rings is 2. The topological polar surface area (TPSA) is 59.5 Å². The summed E-state index contributed by atoms with van der Waals surface area (Å²) in [5.74, 6) is 0.726. The molecule has 6 rings (SSSR count). The van der Waals surface area contributed by atoms with Crippen LogP contribution >= 0.6 is 11.6 Å². The summed E-state index contributed by atoms with van der Waals surface area (Å²) < 4.78 is 14.1. The quantitative estimate of drug-likeness (QED) is 0.491. The third kappa shape index (κ3) is 3.37. The normalized spacial score (nSPS) is 17.4. The van der Waals surface area contributed by atoms with E-state index in [1.165, 1.54) is 10.9 Å². The van der Waals surface area contributed by atoms with Gasteiger partial charge in [-0.3, -0.25) is 9.69 Å². The molecule has 1 saturated heterocycles. The summed E-state index contributed by atoms with van der Waals surface area (Å²) in [6.07, 6.45) is 3.77. The summed E-state index contributed by atoms with van der Waals surface area (Å²) in [6.45, 7) is 5.06. The van der Waals surface area contributed by atoms with E-state index in [-0.39, 0.29) is 11.1 Å². The molecule has 4 aromatic rings. The maximum Gasteiger partial charge on any atom is 0.248 e. The highest BCUT2D eigenvalue weighted by Crippen LogP contribution is 2.47. The molecule has 0 radical (unpaired) electrons. The number of aromatic amines is 1. The second-order valence-electron chi connectivity index (χ2n) is 8.91. The van der Waals surface area contributed by atoms with Gasteiger partial charge in [0.1, 0.15) is 12.4 Å². The molecule has 2 aliphatic rings. The van der Waals surface area contributed by atoms with E-state index in [0.717, 1.165) is 28.1 Å². The van der Waals surface area contributed by atoms with Crippen LogP contribution in [0.4, 0.5) is 0 Å². The first-order chi connectivity index (χ1) is 16.0. The van der Waals surface area contributed by atoms with Crippen LogP contribution in [0.1, 0.15) is 16.7 Å². The second kappa shape index (κ2) is 7.76. The Hall–Kier alpha value is -3.06. The number of nitrogens with one attached hydrogen (secondary N) is 1. The second-order valence-corrected chi connectivity index (χ2v) is 9.32. The highest BCUT2D eigenvalue weighted by molar-refractivity contribution is 6.32. The molecule has 33 heavy (non-hydrogen) atoms. The largest absolute Gasteiger partial charge is 0.490 e. The Labute approximate surface area is 196 Å². The molecule has 168 valence electrons. The van der Waals surface area contributed by atoms with Crippen LogP contribution in [0.3, 0.4) is 0 Å². The fourth-order valence-electron chi connectivity index (χ4n) is 5.01. The van der Waals surface area contributed by atoms with E-state index in [1.54, 1.807) is 12.3 Å². The fourth-order valence-corrected chi connectivity index (χ4v) is 5.28. The van der Waals surface area contributed by atoms with Gasteiger partial charge in [0.25, 0.3) is 0 Å². The number of halogens is 1. The van der Waals surface area contributed by atoms with Crippen molar-refractivity contribution in [3.8, 4) is 11.4 Å². The SMILES string of the molecule is Cc1ccc2c(ccn2-c2cc(Cl)c3c(c2)C2(COC2)N(Cc2cc[nH]c(=O)c2)CCO3)c1. The number of aryl methyl sites for hydroxylation is 1. The molecule has 2 aliphatic heterocycles. The van der Waals surface area contributed by atoms with Gasteiger partial charge in [-0.05, 0) is 48.9 Å². The molecular weight excluding hydrogens is 438 g/mol. The van der Waals surface area contributed by atoms with Crippen molar-refractivity contribution >= 4 is 22.5 Å². The van der Waals surface area contributed by atoms with Crippen molar-refractivity contribution < 1.29 is 9.47 Å². The van der Waals surface area contributed by atoms with Crippen LogP contribution in [0.2, 0.25) is 5.02 Å². The molecule has 0 aliphatic carbocycles. The van der Waals surface area contributed by atoms with Gasteiger partial charge in [-0.25, -0.2) is 0 Å². The van der Waals surface area contributed by atoms with Gasteiger partial charge in [-0.2, -0.15) is 0 Å². The number of ether oxygens (including phenoxy) is 2. The third-order valence-electron chi connectivity index (χ3n) is 6.76. The molecular formula is C26H24ClN3O3. The first kappa shape index (κ1) is 20.5. The number of H-pyrrole nitrogens is 1. The van der Waals surface area contributed by atoms with E-state index in [4.69, 9.17) is 21.1 Å². The Balaban J connectivity index is 1.47. The van der Waals surface area contributed by atoms with Crippen LogP contribution in [0.15, 0.2) is 65.7 Å². The number of hydrogen-bond donors (Lipinski definition) is 1. The van der Waals surface area contributed by atoms with Crippen molar-refractivity contribution in [1.29, 1.82) is 0 Å². The van der Waals surface area contributed by atoms with Crippen LogP contribution < -0.4 is 10.3 Å². The van der Waals surface area contributed by atoms with Crippen LogP contribution in [0.25, 0.3) is 16.6 Å². The maximum absolute atomic E-state index is 11.8. The Bertz CT molecular complexity index is 1420. The minimum absolute atomic E-state index is 0.0991.